The summed E-state index contributed by atoms with van der Waals surface area (Å²) in [6, 6.07) is 0. The number of carbonyl (C=O) groups excluding carboxylic acids is 1. The van der Waals surface area contributed by atoms with Crippen LogP contribution in [0.15, 0.2) is 11.3 Å². The van der Waals surface area contributed by atoms with E-state index in [1.54, 1.807) is 0 Å². The Labute approximate surface area is 67.2 Å². The second-order valence-corrected chi connectivity index (χ2v) is 2.42. The van der Waals surface area contributed by atoms with Gasteiger partial charge in [-0.15, -0.1) is 0 Å². The first kappa shape index (κ1) is 10.0. The van der Waals surface area contributed by atoms with E-state index >= 15 is 0 Å². The number of ether oxygens (including phenoxy) is 1. The van der Waals surface area contributed by atoms with Gasteiger partial charge in [-0.2, -0.15) is 0 Å². The first-order valence-electron chi connectivity index (χ1n) is 3.65. The first-order chi connectivity index (χ1) is 5.07. The average Bonchev–Trinajstić information content (AvgIpc) is 1.87. The van der Waals surface area contributed by atoms with E-state index in [0.717, 1.165) is 17.7 Å². The number of esters is 1. The molecule has 0 saturated heterocycles. The van der Waals surface area contributed by atoms with E-state index in [4.69, 9.17) is 10.5 Å². The molecule has 0 fully saturated rings. The molecule has 0 aliphatic rings. The summed E-state index contributed by atoms with van der Waals surface area (Å²) in [4.78, 5) is 10.4. The van der Waals surface area contributed by atoms with Gasteiger partial charge < -0.3 is 10.5 Å². The van der Waals surface area contributed by atoms with Crippen molar-refractivity contribution in [3.05, 3.63) is 11.3 Å². The van der Waals surface area contributed by atoms with Crippen molar-refractivity contribution in [2.24, 2.45) is 5.73 Å². The zero-order valence-electron chi connectivity index (χ0n) is 7.31. The summed E-state index contributed by atoms with van der Waals surface area (Å²) in [6.07, 6.45) is 0.829. The lowest BCUT2D eigenvalue weighted by Gasteiger charge is -2.06. The monoisotopic (exact) mass is 157 g/mol. The second kappa shape index (κ2) is 4.77. The summed E-state index contributed by atoms with van der Waals surface area (Å²) >= 11 is 0. The summed E-state index contributed by atoms with van der Waals surface area (Å²) in [5.41, 5.74) is 7.25. The van der Waals surface area contributed by atoms with Gasteiger partial charge in [0.15, 0.2) is 0 Å². The molecule has 0 unspecified atom stereocenters. The summed E-state index contributed by atoms with van der Waals surface area (Å²) < 4.78 is 4.78. The van der Waals surface area contributed by atoms with Gasteiger partial charge in [0.1, 0.15) is 6.61 Å². The molecule has 0 atom stereocenters. The van der Waals surface area contributed by atoms with Crippen LogP contribution < -0.4 is 5.73 Å². The molecule has 0 saturated carbocycles. The van der Waals surface area contributed by atoms with Crippen LogP contribution in [0.2, 0.25) is 0 Å². The Balaban J connectivity index is 3.91. The van der Waals surface area contributed by atoms with Crippen molar-refractivity contribution in [2.45, 2.75) is 27.2 Å². The third-order valence-corrected chi connectivity index (χ3v) is 1.43. The van der Waals surface area contributed by atoms with Crippen LogP contribution in [-0.4, -0.2) is 12.6 Å². The summed E-state index contributed by atoms with van der Waals surface area (Å²) in [5, 5.41) is 0. The van der Waals surface area contributed by atoms with Crippen LogP contribution in [-0.2, 0) is 9.53 Å². The van der Waals surface area contributed by atoms with Gasteiger partial charge >= 0.3 is 5.97 Å². The Morgan fingerprint density at radius 3 is 2.27 bits per heavy atom. The molecule has 0 aliphatic heterocycles. The number of hydrogen-bond donors (Lipinski definition) is 1. The van der Waals surface area contributed by atoms with Crippen molar-refractivity contribution >= 4 is 5.97 Å². The molecule has 0 amide bonds. The van der Waals surface area contributed by atoms with E-state index in [1.807, 2.05) is 13.8 Å². The molecule has 0 bridgehead atoms. The van der Waals surface area contributed by atoms with Crippen LogP contribution in [0.3, 0.4) is 0 Å². The Kier molecular flexibility index (Phi) is 4.34. The van der Waals surface area contributed by atoms with E-state index in [0.29, 0.717) is 6.61 Å². The van der Waals surface area contributed by atoms with E-state index in [9.17, 15) is 4.79 Å². The Hall–Kier alpha value is -0.990. The maximum absolute atomic E-state index is 10.4. The zero-order chi connectivity index (χ0) is 8.85. The molecule has 2 N–H and O–H groups in total. The standard InChI is InChI=1S/C8H15NO2/c1-4-8(6(2)9)5-11-7(3)10/h4-5,9H2,1-3H3/b8-6-. The predicted molar refractivity (Wildman–Crippen MR) is 43.8 cm³/mol. The fourth-order valence-electron chi connectivity index (χ4n) is 0.683. The van der Waals surface area contributed by atoms with Crippen molar-refractivity contribution in [3.63, 3.8) is 0 Å². The minimum absolute atomic E-state index is 0.266. The maximum atomic E-state index is 10.4. The lowest BCUT2D eigenvalue weighted by Crippen LogP contribution is -2.07. The molecule has 0 aromatic carbocycles. The fraction of sp³-hybridized carbons (Fsp3) is 0.625. The van der Waals surface area contributed by atoms with E-state index in [1.165, 1.54) is 6.92 Å². The van der Waals surface area contributed by atoms with Gasteiger partial charge in [0.25, 0.3) is 0 Å². The second-order valence-electron chi connectivity index (χ2n) is 2.42. The highest BCUT2D eigenvalue weighted by molar-refractivity contribution is 5.66. The van der Waals surface area contributed by atoms with Crippen LogP contribution in [0.25, 0.3) is 0 Å². The highest BCUT2D eigenvalue weighted by atomic mass is 16.5. The molecule has 11 heavy (non-hydrogen) atoms. The third-order valence-electron chi connectivity index (χ3n) is 1.43. The number of rotatable bonds is 3. The van der Waals surface area contributed by atoms with Crippen LogP contribution in [0.4, 0.5) is 0 Å². The molecule has 0 aliphatic carbocycles. The van der Waals surface area contributed by atoms with Crippen LogP contribution in [0, 0.1) is 0 Å². The van der Waals surface area contributed by atoms with Gasteiger partial charge in [0, 0.05) is 12.6 Å². The molecular weight excluding hydrogens is 142 g/mol. The lowest BCUT2D eigenvalue weighted by molar-refractivity contribution is -0.140. The first-order valence-corrected chi connectivity index (χ1v) is 3.65. The van der Waals surface area contributed by atoms with Gasteiger partial charge in [0.2, 0.25) is 0 Å². The molecule has 0 rings (SSSR count). The van der Waals surface area contributed by atoms with Crippen molar-refractivity contribution in [2.75, 3.05) is 6.61 Å². The topological polar surface area (TPSA) is 52.3 Å². The van der Waals surface area contributed by atoms with E-state index in [2.05, 4.69) is 0 Å². The van der Waals surface area contributed by atoms with Crippen molar-refractivity contribution in [1.82, 2.24) is 0 Å². The highest BCUT2D eigenvalue weighted by Crippen LogP contribution is 2.04. The van der Waals surface area contributed by atoms with Gasteiger partial charge in [-0.3, -0.25) is 4.79 Å². The van der Waals surface area contributed by atoms with E-state index in [-0.39, 0.29) is 5.97 Å². The molecule has 64 valence electrons. The maximum Gasteiger partial charge on any atom is 0.302 e. The van der Waals surface area contributed by atoms with Crippen LogP contribution in [0.5, 0.6) is 0 Å². The molecular formula is C8H15NO2. The lowest BCUT2D eigenvalue weighted by atomic mass is 10.2. The smallest absolute Gasteiger partial charge is 0.302 e. The van der Waals surface area contributed by atoms with E-state index < -0.39 is 0 Å². The number of nitrogens with two attached hydrogens (primary N) is 1. The Morgan fingerprint density at radius 2 is 2.00 bits per heavy atom. The van der Waals surface area contributed by atoms with Gasteiger partial charge in [-0.25, -0.2) is 0 Å². The van der Waals surface area contributed by atoms with Crippen LogP contribution in [0.1, 0.15) is 27.2 Å². The van der Waals surface area contributed by atoms with Gasteiger partial charge in [-0.05, 0) is 18.9 Å². The van der Waals surface area contributed by atoms with Crippen LogP contribution >= 0.6 is 0 Å². The number of hydrogen-bond acceptors (Lipinski definition) is 3. The quantitative estimate of drug-likeness (QED) is 0.626. The molecule has 0 aromatic rings. The average molecular weight is 157 g/mol. The molecule has 0 radical (unpaired) electrons. The Morgan fingerprint density at radius 1 is 1.45 bits per heavy atom. The minimum atomic E-state index is -0.266. The zero-order valence-corrected chi connectivity index (χ0v) is 7.31. The highest BCUT2D eigenvalue weighted by Gasteiger charge is 1.99. The number of carbonyl (C=O) groups is 1. The summed E-state index contributed by atoms with van der Waals surface area (Å²) in [7, 11) is 0. The molecule has 3 heteroatoms. The molecule has 0 spiro atoms. The molecule has 0 aromatic heterocycles. The fourth-order valence-corrected chi connectivity index (χ4v) is 0.683. The molecule has 3 nitrogen and oxygen atoms in total. The normalized spacial score (nSPS) is 12.3. The van der Waals surface area contributed by atoms with Crippen molar-refractivity contribution in [1.29, 1.82) is 0 Å². The van der Waals surface area contributed by atoms with Gasteiger partial charge in [0.05, 0.1) is 0 Å². The van der Waals surface area contributed by atoms with Crippen molar-refractivity contribution in [3.8, 4) is 0 Å². The minimum Gasteiger partial charge on any atom is -0.461 e. The van der Waals surface area contributed by atoms with Gasteiger partial charge in [-0.1, -0.05) is 6.92 Å². The van der Waals surface area contributed by atoms with Crippen molar-refractivity contribution < 1.29 is 9.53 Å². The third kappa shape index (κ3) is 4.42. The Bertz CT molecular complexity index is 169. The largest absolute Gasteiger partial charge is 0.461 e. The number of allylic oxidation sites excluding steroid dienone is 1. The summed E-state index contributed by atoms with van der Waals surface area (Å²) in [5.74, 6) is -0.266. The summed E-state index contributed by atoms with van der Waals surface area (Å²) in [6.45, 7) is 5.50. The SMILES string of the molecule is CC/C(COC(C)=O)=C(\C)N. The predicted octanol–water partition coefficient (Wildman–Crippen LogP) is 1.19. The molecule has 0 heterocycles.